The first-order valence-corrected chi connectivity index (χ1v) is 8.72. The van der Waals surface area contributed by atoms with Crippen molar-refractivity contribution >= 4 is 16.9 Å². The topological polar surface area (TPSA) is 46.8 Å². The molecule has 5 heteroatoms. The summed E-state index contributed by atoms with van der Waals surface area (Å²) in [6.07, 6.45) is 4.24. The van der Waals surface area contributed by atoms with Crippen LogP contribution in [-0.2, 0) is 0 Å². The molecule has 5 rings (SSSR count). The molecular weight excluding hydrogens is 298 g/mol. The van der Waals surface area contributed by atoms with Gasteiger partial charge in [-0.05, 0) is 38.8 Å². The van der Waals surface area contributed by atoms with Crippen molar-refractivity contribution in [3.8, 4) is 0 Å². The van der Waals surface area contributed by atoms with Crippen LogP contribution in [0.15, 0.2) is 30.6 Å². The quantitative estimate of drug-likeness (QED) is 0.742. The van der Waals surface area contributed by atoms with Gasteiger partial charge < -0.3 is 9.47 Å². The summed E-state index contributed by atoms with van der Waals surface area (Å²) in [5, 5.41) is 0. The number of fused-ring (bicyclic) bond motifs is 1. The molecular formula is C19H21N5. The van der Waals surface area contributed by atoms with Gasteiger partial charge in [0.15, 0.2) is 0 Å². The van der Waals surface area contributed by atoms with Gasteiger partial charge in [0.25, 0.3) is 0 Å². The van der Waals surface area contributed by atoms with Crippen LogP contribution < -0.4 is 4.90 Å². The maximum absolute atomic E-state index is 4.93. The monoisotopic (exact) mass is 319 g/mol. The molecule has 2 aliphatic rings. The van der Waals surface area contributed by atoms with E-state index in [2.05, 4.69) is 50.6 Å². The van der Waals surface area contributed by atoms with Crippen LogP contribution in [0.2, 0.25) is 0 Å². The summed E-state index contributed by atoms with van der Waals surface area (Å²) in [4.78, 5) is 16.1. The van der Waals surface area contributed by atoms with Crippen molar-refractivity contribution in [1.82, 2.24) is 19.5 Å². The summed E-state index contributed by atoms with van der Waals surface area (Å²) in [6, 6.07) is 9.02. The van der Waals surface area contributed by atoms with Crippen LogP contribution in [-0.4, -0.2) is 32.6 Å². The van der Waals surface area contributed by atoms with E-state index in [1.165, 1.54) is 29.7 Å². The van der Waals surface area contributed by atoms with Crippen molar-refractivity contribution in [2.75, 3.05) is 18.0 Å². The molecule has 0 atom stereocenters. The number of para-hydroxylation sites is 2. The smallest absolute Gasteiger partial charge is 0.135 e. The molecule has 0 bridgehead atoms. The van der Waals surface area contributed by atoms with E-state index < -0.39 is 0 Å². The Hall–Kier alpha value is -2.43. The van der Waals surface area contributed by atoms with Crippen molar-refractivity contribution < 1.29 is 0 Å². The number of aromatic nitrogens is 4. The third-order valence-corrected chi connectivity index (χ3v) is 5.40. The molecule has 0 N–H and O–H groups in total. The van der Waals surface area contributed by atoms with Gasteiger partial charge >= 0.3 is 0 Å². The molecule has 1 aliphatic heterocycles. The minimum absolute atomic E-state index is 0.489. The number of rotatable bonds is 3. The number of benzene rings is 1. The molecule has 0 amide bonds. The Morgan fingerprint density at radius 1 is 1.04 bits per heavy atom. The molecule has 24 heavy (non-hydrogen) atoms. The molecule has 122 valence electrons. The van der Waals surface area contributed by atoms with Crippen LogP contribution in [0.5, 0.6) is 0 Å². The van der Waals surface area contributed by atoms with Gasteiger partial charge in [-0.3, -0.25) is 0 Å². The Morgan fingerprint density at radius 3 is 2.62 bits per heavy atom. The molecule has 3 heterocycles. The molecule has 1 aromatic carbocycles. The highest BCUT2D eigenvalue weighted by Gasteiger charge is 2.37. The lowest BCUT2D eigenvalue weighted by molar-refractivity contribution is 0.394. The molecule has 0 spiro atoms. The first kappa shape index (κ1) is 14.0. The second-order valence-electron chi connectivity index (χ2n) is 7.07. The van der Waals surface area contributed by atoms with Gasteiger partial charge in [-0.2, -0.15) is 0 Å². The zero-order chi connectivity index (χ0) is 16.3. The van der Waals surface area contributed by atoms with Gasteiger partial charge in [0.05, 0.1) is 17.1 Å². The van der Waals surface area contributed by atoms with Crippen LogP contribution in [0.4, 0.5) is 5.82 Å². The van der Waals surface area contributed by atoms with Crippen molar-refractivity contribution in [3.05, 3.63) is 47.7 Å². The lowest BCUT2D eigenvalue weighted by atomic mass is 10.1. The summed E-state index contributed by atoms with van der Waals surface area (Å²) < 4.78 is 2.49. The number of aryl methyl sites for hydroxylation is 1. The van der Waals surface area contributed by atoms with Gasteiger partial charge in [0, 0.05) is 30.3 Å². The van der Waals surface area contributed by atoms with E-state index in [9.17, 15) is 0 Å². The van der Waals surface area contributed by atoms with Crippen LogP contribution in [0.1, 0.15) is 41.9 Å². The minimum atomic E-state index is 0.489. The van der Waals surface area contributed by atoms with Crippen LogP contribution in [0.3, 0.4) is 0 Å². The molecule has 3 aromatic rings. The Bertz CT molecular complexity index is 919. The maximum Gasteiger partial charge on any atom is 0.135 e. The van der Waals surface area contributed by atoms with Crippen molar-refractivity contribution in [2.24, 2.45) is 0 Å². The van der Waals surface area contributed by atoms with Crippen LogP contribution >= 0.6 is 0 Å². The van der Waals surface area contributed by atoms with Gasteiger partial charge in [-0.1, -0.05) is 12.1 Å². The average Bonchev–Trinajstić information content (AvgIpc) is 3.32. The van der Waals surface area contributed by atoms with Gasteiger partial charge in [-0.15, -0.1) is 0 Å². The minimum Gasteiger partial charge on any atom is -0.352 e. The highest BCUT2D eigenvalue weighted by molar-refractivity contribution is 5.76. The zero-order valence-corrected chi connectivity index (χ0v) is 14.1. The van der Waals surface area contributed by atoms with E-state index in [4.69, 9.17) is 4.98 Å². The van der Waals surface area contributed by atoms with Crippen molar-refractivity contribution in [2.45, 2.75) is 38.6 Å². The second-order valence-corrected chi connectivity index (χ2v) is 7.07. The largest absolute Gasteiger partial charge is 0.352 e. The van der Waals surface area contributed by atoms with Crippen molar-refractivity contribution in [1.29, 1.82) is 0 Å². The molecule has 0 radical (unpaired) electrons. The normalized spacial score (nSPS) is 18.2. The molecule has 1 aliphatic carbocycles. The summed E-state index contributed by atoms with van der Waals surface area (Å²) in [5.74, 6) is 3.03. The SMILES string of the molecule is Cc1ncnc(N2CC(n3c(C4CC4)nc4ccccc43)C2)c1C. The lowest BCUT2D eigenvalue weighted by Crippen LogP contribution is -2.49. The third kappa shape index (κ3) is 2.04. The fraction of sp³-hybridized carbons (Fsp3) is 0.421. The zero-order valence-electron chi connectivity index (χ0n) is 14.1. The first-order valence-electron chi connectivity index (χ1n) is 8.72. The molecule has 1 saturated heterocycles. The van der Waals surface area contributed by atoms with Crippen LogP contribution in [0.25, 0.3) is 11.0 Å². The Labute approximate surface area is 141 Å². The fourth-order valence-corrected chi connectivity index (χ4v) is 3.71. The van der Waals surface area contributed by atoms with E-state index in [1.54, 1.807) is 6.33 Å². The fourth-order valence-electron chi connectivity index (χ4n) is 3.71. The maximum atomic E-state index is 4.93. The highest BCUT2D eigenvalue weighted by Crippen LogP contribution is 2.43. The second kappa shape index (κ2) is 5.03. The Kier molecular flexibility index (Phi) is 2.93. The molecule has 0 unspecified atom stereocenters. The Balaban J connectivity index is 1.48. The van der Waals surface area contributed by atoms with Gasteiger partial charge in [0.1, 0.15) is 18.0 Å². The molecule has 2 fully saturated rings. The molecule has 2 aromatic heterocycles. The van der Waals surface area contributed by atoms with Crippen LogP contribution in [0, 0.1) is 13.8 Å². The number of hydrogen-bond donors (Lipinski definition) is 0. The summed E-state index contributed by atoms with van der Waals surface area (Å²) >= 11 is 0. The number of imidazole rings is 1. The van der Waals surface area contributed by atoms with Gasteiger partial charge in [0.2, 0.25) is 0 Å². The predicted molar refractivity (Wildman–Crippen MR) is 94.5 cm³/mol. The predicted octanol–water partition coefficient (Wildman–Crippen LogP) is 3.38. The molecule has 5 nitrogen and oxygen atoms in total. The van der Waals surface area contributed by atoms with E-state index in [0.29, 0.717) is 12.0 Å². The van der Waals surface area contributed by atoms with E-state index in [0.717, 1.165) is 30.1 Å². The van der Waals surface area contributed by atoms with E-state index in [1.807, 2.05) is 6.92 Å². The standard InChI is InChI=1S/C19H21N5/c1-12-13(2)20-11-21-18(12)23-9-15(10-23)24-17-6-4-3-5-16(17)22-19(24)14-7-8-14/h3-6,11,14-15H,7-10H2,1-2H3. The number of nitrogens with zero attached hydrogens (tertiary/aromatic N) is 5. The first-order chi connectivity index (χ1) is 11.7. The van der Waals surface area contributed by atoms with Crippen molar-refractivity contribution in [3.63, 3.8) is 0 Å². The Morgan fingerprint density at radius 2 is 1.83 bits per heavy atom. The lowest BCUT2D eigenvalue weighted by Gasteiger charge is -2.42. The molecule has 1 saturated carbocycles. The van der Waals surface area contributed by atoms with E-state index >= 15 is 0 Å². The van der Waals surface area contributed by atoms with E-state index in [-0.39, 0.29) is 0 Å². The summed E-state index contributed by atoms with van der Waals surface area (Å²) in [7, 11) is 0. The summed E-state index contributed by atoms with van der Waals surface area (Å²) in [5.41, 5.74) is 4.66. The highest BCUT2D eigenvalue weighted by atomic mass is 15.3. The summed E-state index contributed by atoms with van der Waals surface area (Å²) in [6.45, 7) is 6.15. The average molecular weight is 319 g/mol. The number of anilines is 1. The third-order valence-electron chi connectivity index (χ3n) is 5.40. The number of hydrogen-bond acceptors (Lipinski definition) is 4. The van der Waals surface area contributed by atoms with Gasteiger partial charge in [-0.25, -0.2) is 15.0 Å².